The highest BCUT2D eigenvalue weighted by Crippen LogP contribution is 2.36. The Labute approximate surface area is 246 Å². The zero-order valence-corrected chi connectivity index (χ0v) is 24.5. The molecule has 1 aromatic carbocycles. The Kier molecular flexibility index (Phi) is 7.85. The summed E-state index contributed by atoms with van der Waals surface area (Å²) in [5, 5.41) is 8.84. The Morgan fingerprint density at radius 3 is 2.65 bits per heavy atom. The lowest BCUT2D eigenvalue weighted by atomic mass is 10.1. The maximum absolute atomic E-state index is 14.3. The minimum atomic E-state index is -2.87. The number of ether oxygens (including phenoxy) is 5. The monoisotopic (exact) mass is 618 g/mol. The maximum Gasteiger partial charge on any atom is 0.409 e. The van der Waals surface area contributed by atoms with Crippen molar-refractivity contribution in [3.63, 3.8) is 0 Å². The summed E-state index contributed by atoms with van der Waals surface area (Å²) < 4.78 is 59.7. The van der Waals surface area contributed by atoms with Crippen LogP contribution >= 0.6 is 0 Å². The molecule has 230 valence electrons. The fourth-order valence-corrected chi connectivity index (χ4v) is 7.12. The first-order valence-corrected chi connectivity index (χ1v) is 15.3. The Balaban J connectivity index is 1.24. The molecular formula is C27H31FN6O8S. The van der Waals surface area contributed by atoms with E-state index in [0.29, 0.717) is 29.2 Å². The van der Waals surface area contributed by atoms with E-state index in [2.05, 4.69) is 20.1 Å². The lowest BCUT2D eigenvalue weighted by molar-refractivity contribution is -0.0138. The number of hydrogen-bond donors (Lipinski definition) is 2. The van der Waals surface area contributed by atoms with Gasteiger partial charge in [0.1, 0.15) is 41.7 Å². The van der Waals surface area contributed by atoms with Gasteiger partial charge >= 0.3 is 6.09 Å². The largest absolute Gasteiger partial charge is 0.483 e. The molecule has 0 saturated carbocycles. The number of carbonyl (C=O) groups is 2. The molecule has 5 unspecified atom stereocenters. The summed E-state index contributed by atoms with van der Waals surface area (Å²) in [6.45, 7) is 2.60. The van der Waals surface area contributed by atoms with Crippen molar-refractivity contribution in [2.45, 2.75) is 31.3 Å². The molecule has 2 fully saturated rings. The van der Waals surface area contributed by atoms with Crippen LogP contribution in [0.25, 0.3) is 5.52 Å². The fraction of sp³-hybridized carbons (Fsp3) is 0.444. The number of methoxy groups -OCH3 is 2. The molecule has 0 radical (unpaired) electrons. The van der Waals surface area contributed by atoms with E-state index in [1.54, 1.807) is 14.0 Å². The summed E-state index contributed by atoms with van der Waals surface area (Å²) >= 11 is 0. The van der Waals surface area contributed by atoms with Crippen LogP contribution in [0.1, 0.15) is 15.9 Å². The SMILES string of the molecule is COC(=O)N1CC=S(=O)(NC(=O)c2cn3ncnc(Nc4ccc(F)cc4OC4COC5C(OC)COC45)c3c2C)CC1. The van der Waals surface area contributed by atoms with E-state index < -0.39 is 33.6 Å². The number of halogens is 1. The quantitative estimate of drug-likeness (QED) is 0.368. The Morgan fingerprint density at radius 2 is 1.93 bits per heavy atom. The summed E-state index contributed by atoms with van der Waals surface area (Å²) in [6, 6.07) is 4.08. The third kappa shape index (κ3) is 5.58. The predicted molar refractivity (Wildman–Crippen MR) is 153 cm³/mol. The number of nitrogens with zero attached hydrogens (tertiary/aromatic N) is 4. The minimum Gasteiger partial charge on any atom is -0.483 e. The van der Waals surface area contributed by atoms with Crippen LogP contribution in [0, 0.1) is 12.7 Å². The van der Waals surface area contributed by atoms with Crippen LogP contribution in [0.5, 0.6) is 5.75 Å². The second kappa shape index (κ2) is 11.6. The highest BCUT2D eigenvalue weighted by Gasteiger charge is 2.49. The standard InChI is InChI=1S/C27H31FN6O8S/c1-15-17(26(35)32-43(37)8-6-33(7-9-43)27(36)39-3)11-34-22(15)25(29-14-30-34)31-18-5-4-16(28)10-19(18)42-21-13-41-23-20(38-2)12-40-24(21)23/h4-5,8,10-11,14,20-21,23-24H,6-7,9,12-13H2,1-3H3,(H,29,30,31)(H,32,35,37). The third-order valence-electron chi connectivity index (χ3n) is 7.74. The molecule has 3 aliphatic heterocycles. The van der Waals surface area contributed by atoms with Gasteiger partial charge in [-0.15, -0.1) is 0 Å². The van der Waals surface area contributed by atoms with Crippen LogP contribution in [0.15, 0.2) is 30.7 Å². The van der Waals surface area contributed by atoms with Crippen LogP contribution in [0.3, 0.4) is 0 Å². The maximum atomic E-state index is 14.3. The van der Waals surface area contributed by atoms with Gasteiger partial charge in [-0.25, -0.2) is 22.9 Å². The van der Waals surface area contributed by atoms with Crippen LogP contribution < -0.4 is 14.8 Å². The van der Waals surface area contributed by atoms with E-state index in [4.69, 9.17) is 23.7 Å². The highest BCUT2D eigenvalue weighted by atomic mass is 32.2. The molecule has 16 heteroatoms. The molecule has 14 nitrogen and oxygen atoms in total. The first kappa shape index (κ1) is 29.1. The van der Waals surface area contributed by atoms with E-state index in [1.165, 1.54) is 52.6 Å². The van der Waals surface area contributed by atoms with Crippen LogP contribution in [0.2, 0.25) is 0 Å². The van der Waals surface area contributed by atoms with Gasteiger partial charge in [-0.3, -0.25) is 9.52 Å². The van der Waals surface area contributed by atoms with Crippen molar-refractivity contribution in [1.29, 1.82) is 0 Å². The molecule has 0 spiro atoms. The number of amides is 2. The van der Waals surface area contributed by atoms with Gasteiger partial charge in [0.15, 0.2) is 11.9 Å². The molecule has 6 rings (SSSR count). The van der Waals surface area contributed by atoms with Crippen molar-refractivity contribution in [3.8, 4) is 5.75 Å². The second-order valence-corrected chi connectivity index (χ2v) is 12.7. The molecule has 2 N–H and O–H groups in total. The van der Waals surface area contributed by atoms with E-state index in [0.717, 1.165) is 0 Å². The zero-order valence-electron chi connectivity index (χ0n) is 23.7. The van der Waals surface area contributed by atoms with Gasteiger partial charge in [-0.2, -0.15) is 5.10 Å². The highest BCUT2D eigenvalue weighted by molar-refractivity contribution is 8.00. The van der Waals surface area contributed by atoms with Gasteiger partial charge in [0.2, 0.25) is 0 Å². The number of benzene rings is 1. The molecule has 3 aliphatic rings. The lowest BCUT2D eigenvalue weighted by Gasteiger charge is -2.26. The van der Waals surface area contributed by atoms with Gasteiger partial charge in [0.05, 0.1) is 53.6 Å². The summed E-state index contributed by atoms with van der Waals surface area (Å²) in [4.78, 5) is 30.8. The second-order valence-electron chi connectivity index (χ2n) is 10.3. The van der Waals surface area contributed by atoms with Crippen molar-refractivity contribution in [2.75, 3.05) is 51.6 Å². The minimum absolute atomic E-state index is 0.0605. The molecule has 2 aromatic heterocycles. The first-order valence-electron chi connectivity index (χ1n) is 13.5. The number of carbonyl (C=O) groups excluding carboxylic acids is 2. The van der Waals surface area contributed by atoms with Crippen LogP contribution in [0.4, 0.5) is 20.7 Å². The van der Waals surface area contributed by atoms with Crippen molar-refractivity contribution in [1.82, 2.24) is 24.2 Å². The van der Waals surface area contributed by atoms with Crippen LogP contribution in [-0.2, 0) is 28.7 Å². The normalized spacial score (nSPS) is 26.6. The number of aryl methyl sites for hydroxylation is 1. The molecular weight excluding hydrogens is 587 g/mol. The predicted octanol–water partition coefficient (Wildman–Crippen LogP) is 1.29. The summed E-state index contributed by atoms with van der Waals surface area (Å²) in [5.74, 6) is -0.433. The number of fused-ring (bicyclic) bond motifs is 2. The zero-order chi connectivity index (χ0) is 30.3. The number of aromatic nitrogens is 3. The van der Waals surface area contributed by atoms with Crippen molar-refractivity contribution < 1.29 is 41.9 Å². The number of nitrogens with one attached hydrogen (secondary N) is 2. The third-order valence-corrected chi connectivity index (χ3v) is 9.75. The molecule has 5 heterocycles. The molecule has 0 aliphatic carbocycles. The average molecular weight is 619 g/mol. The van der Waals surface area contributed by atoms with Gasteiger partial charge < -0.3 is 33.9 Å². The fourth-order valence-electron chi connectivity index (χ4n) is 5.43. The van der Waals surface area contributed by atoms with Crippen molar-refractivity contribution in [3.05, 3.63) is 47.7 Å². The molecule has 5 atom stereocenters. The summed E-state index contributed by atoms with van der Waals surface area (Å²) in [7, 11) is -0.00652. The number of rotatable bonds is 7. The topological polar surface area (TPSA) is 155 Å². The smallest absolute Gasteiger partial charge is 0.409 e. The number of hydrogen-bond acceptors (Lipinski definition) is 11. The molecule has 2 amide bonds. The summed E-state index contributed by atoms with van der Waals surface area (Å²) in [5.41, 5.74) is 1.67. The van der Waals surface area contributed by atoms with Gasteiger partial charge in [-0.1, -0.05) is 0 Å². The lowest BCUT2D eigenvalue weighted by Crippen LogP contribution is -2.46. The van der Waals surface area contributed by atoms with Crippen molar-refractivity contribution in [2.24, 2.45) is 0 Å². The van der Waals surface area contributed by atoms with E-state index in [9.17, 15) is 18.2 Å². The Morgan fingerprint density at radius 1 is 1.16 bits per heavy atom. The molecule has 43 heavy (non-hydrogen) atoms. The average Bonchev–Trinajstić information content (AvgIpc) is 3.69. The molecule has 3 aromatic rings. The molecule has 0 bridgehead atoms. The Hall–Kier alpha value is -3.99. The van der Waals surface area contributed by atoms with E-state index in [1.807, 2.05) is 0 Å². The Bertz CT molecular complexity index is 1690. The van der Waals surface area contributed by atoms with Gasteiger partial charge in [0, 0.05) is 31.3 Å². The van der Waals surface area contributed by atoms with Gasteiger partial charge in [0.25, 0.3) is 5.91 Å². The van der Waals surface area contributed by atoms with Gasteiger partial charge in [-0.05, 0) is 24.6 Å². The van der Waals surface area contributed by atoms with E-state index >= 15 is 0 Å². The van der Waals surface area contributed by atoms with E-state index in [-0.39, 0.29) is 55.1 Å². The first-order chi connectivity index (χ1) is 20.7. The molecule has 2 saturated heterocycles. The van der Waals surface area contributed by atoms with Crippen molar-refractivity contribution >= 4 is 44.1 Å². The van der Waals surface area contributed by atoms with Crippen LogP contribution in [-0.4, -0.2) is 112 Å². The summed E-state index contributed by atoms with van der Waals surface area (Å²) in [6.07, 6.45) is 0.968. The number of anilines is 2.